The molecule has 4 saturated carbocycles. The molecule has 5 nitrogen and oxygen atoms in total. The van der Waals surface area contributed by atoms with Crippen molar-refractivity contribution in [1.82, 2.24) is 15.0 Å². The molecular weight excluding hydrogens is 817 g/mol. The monoisotopic (exact) mass is 876 g/mol. The quantitative estimate of drug-likeness (QED) is 0.159. The van der Waals surface area contributed by atoms with E-state index < -0.39 is 0 Å². The van der Waals surface area contributed by atoms with Crippen LogP contribution in [0.15, 0.2) is 138 Å². The summed E-state index contributed by atoms with van der Waals surface area (Å²) in [7, 11) is 0. The Balaban J connectivity index is 0.964. The van der Waals surface area contributed by atoms with Gasteiger partial charge in [0.2, 0.25) is 0 Å². The van der Waals surface area contributed by atoms with Gasteiger partial charge in [-0.2, -0.15) is 5.26 Å². The molecule has 8 atom stereocenters. The van der Waals surface area contributed by atoms with Crippen LogP contribution in [-0.4, -0.2) is 15.0 Å². The topological polar surface area (TPSA) is 75.6 Å². The van der Waals surface area contributed by atoms with Crippen LogP contribution in [0.25, 0.3) is 78.4 Å². The van der Waals surface area contributed by atoms with Gasteiger partial charge in [0.25, 0.3) is 0 Å². The summed E-state index contributed by atoms with van der Waals surface area (Å²) in [6, 6.07) is 50.2. The van der Waals surface area contributed by atoms with E-state index in [1.165, 1.54) is 80.9 Å². The Labute approximate surface area is 395 Å². The first kappa shape index (κ1) is 42.0. The lowest BCUT2D eigenvalue weighted by Crippen LogP contribution is -2.42. The summed E-state index contributed by atoms with van der Waals surface area (Å²) in [5.74, 6) is 6.68. The standard InChI is InChI=1S/C62H60N4O/c1-38-25-43-26-39(2)32-61(31-38,35-43)49-20-16-45(17-21-49)51-11-5-6-12-53(51)60-65-58(46-18-22-50(23-19-46)62-33-40(3)27-44(36-62)28-41(4)34-62)64-59(66-60)48-10-7-9-47(30-48)52-13-8-14-55-57(52)54-24-15-42(37-63)29-56(54)67-55/h5-24,29-30,38-41,43-44H,25-28,31-36H2,1-4H3/t38-,39+,40-,41+,43-,44-,61?,62?. The molecule has 0 aliphatic heterocycles. The van der Waals surface area contributed by atoms with Gasteiger partial charge in [-0.1, -0.05) is 131 Å². The highest BCUT2D eigenvalue weighted by molar-refractivity contribution is 6.12. The second kappa shape index (κ2) is 16.4. The highest BCUT2D eigenvalue weighted by Crippen LogP contribution is 2.56. The molecule has 12 rings (SSSR count). The Kier molecular flexibility index (Phi) is 10.3. The van der Waals surface area contributed by atoms with Gasteiger partial charge in [-0.25, -0.2) is 15.0 Å². The molecule has 0 N–H and O–H groups in total. The zero-order valence-corrected chi connectivity index (χ0v) is 39.4. The predicted molar refractivity (Wildman–Crippen MR) is 272 cm³/mol. The van der Waals surface area contributed by atoms with Crippen LogP contribution < -0.4 is 0 Å². The van der Waals surface area contributed by atoms with Crippen LogP contribution in [0.5, 0.6) is 0 Å². The first-order chi connectivity index (χ1) is 32.6. The van der Waals surface area contributed by atoms with Gasteiger partial charge in [-0.05, 0) is 174 Å². The number of aromatic nitrogens is 3. The molecule has 4 aliphatic rings. The van der Waals surface area contributed by atoms with Crippen molar-refractivity contribution in [2.45, 2.75) is 103 Å². The molecule has 8 aromatic rings. The van der Waals surface area contributed by atoms with Crippen molar-refractivity contribution < 1.29 is 4.42 Å². The van der Waals surface area contributed by atoms with Crippen LogP contribution in [0.4, 0.5) is 0 Å². The average Bonchev–Trinajstić information content (AvgIpc) is 3.71. The zero-order chi connectivity index (χ0) is 45.4. The van der Waals surface area contributed by atoms with Gasteiger partial charge in [0.1, 0.15) is 11.2 Å². The number of furan rings is 1. The summed E-state index contributed by atoms with van der Waals surface area (Å²) in [6.45, 7) is 9.87. The Bertz CT molecular complexity index is 3170. The minimum absolute atomic E-state index is 0.246. The van der Waals surface area contributed by atoms with E-state index in [0.717, 1.165) is 85.2 Å². The van der Waals surface area contributed by atoms with Crippen molar-refractivity contribution in [3.05, 3.63) is 150 Å². The number of benzene rings is 6. The summed E-state index contributed by atoms with van der Waals surface area (Å²) in [4.78, 5) is 16.0. The molecule has 0 amide bonds. The van der Waals surface area contributed by atoms with Gasteiger partial charge in [-0.3, -0.25) is 0 Å². The van der Waals surface area contributed by atoms with E-state index in [0.29, 0.717) is 28.6 Å². The van der Waals surface area contributed by atoms with Gasteiger partial charge in [-0.15, -0.1) is 0 Å². The van der Waals surface area contributed by atoms with Gasteiger partial charge in [0.05, 0.1) is 11.6 Å². The lowest BCUT2D eigenvalue weighted by atomic mass is 9.54. The fraction of sp³-hybridized carbons (Fsp3) is 0.355. The highest BCUT2D eigenvalue weighted by Gasteiger charge is 2.46. The normalized spacial score (nSPS) is 26.9. The van der Waals surface area contributed by atoms with E-state index in [1.54, 1.807) is 0 Å². The van der Waals surface area contributed by atoms with Crippen LogP contribution >= 0.6 is 0 Å². The lowest BCUT2D eigenvalue weighted by Gasteiger charge is -2.50. The molecule has 67 heavy (non-hydrogen) atoms. The Hall–Kier alpha value is -6.38. The van der Waals surface area contributed by atoms with Crippen molar-refractivity contribution in [2.24, 2.45) is 35.5 Å². The molecule has 2 heterocycles. The molecule has 6 aromatic carbocycles. The Morgan fingerprint density at radius 2 is 0.985 bits per heavy atom. The third-order valence-corrected chi connectivity index (χ3v) is 16.7. The van der Waals surface area contributed by atoms with Crippen LogP contribution in [0.1, 0.15) is 109 Å². The van der Waals surface area contributed by atoms with Crippen molar-refractivity contribution in [3.8, 4) is 62.5 Å². The molecule has 0 radical (unpaired) electrons. The average molecular weight is 877 g/mol. The molecule has 4 aliphatic carbocycles. The molecule has 4 fully saturated rings. The summed E-state index contributed by atoms with van der Waals surface area (Å²) in [5, 5.41) is 11.6. The zero-order valence-electron chi connectivity index (χ0n) is 39.4. The predicted octanol–water partition coefficient (Wildman–Crippen LogP) is 16.2. The van der Waals surface area contributed by atoms with E-state index in [1.807, 2.05) is 30.3 Å². The van der Waals surface area contributed by atoms with Crippen molar-refractivity contribution in [2.75, 3.05) is 0 Å². The summed E-state index contributed by atoms with van der Waals surface area (Å²) in [5.41, 5.74) is 12.9. The molecule has 2 aromatic heterocycles. The van der Waals surface area contributed by atoms with Crippen molar-refractivity contribution in [3.63, 3.8) is 0 Å². The minimum atomic E-state index is 0.246. The SMILES string of the molecule is C[C@@H]1C[C@@H]2C[C@H](C)CC(c3ccc(-c4nc(-c5cccc(-c6cccc7oc8cc(C#N)ccc8c67)c5)nc(-c5ccccc5-c5ccc(C67C[C@H](C)C[C@H](C[C@H](C)C6)C7)cc5)n4)cc3)(C1)C2. The third-order valence-electron chi connectivity index (χ3n) is 16.7. The fourth-order valence-electron chi connectivity index (χ4n) is 14.7. The molecule has 5 heteroatoms. The number of hydrogen-bond donors (Lipinski definition) is 0. The van der Waals surface area contributed by atoms with Gasteiger partial charge < -0.3 is 4.42 Å². The van der Waals surface area contributed by atoms with E-state index in [4.69, 9.17) is 19.4 Å². The lowest BCUT2D eigenvalue weighted by molar-refractivity contribution is 0.0779. The van der Waals surface area contributed by atoms with Gasteiger partial charge in [0.15, 0.2) is 17.5 Å². The summed E-state index contributed by atoms with van der Waals surface area (Å²) < 4.78 is 6.31. The molecule has 2 unspecified atom stereocenters. The first-order valence-electron chi connectivity index (χ1n) is 25.1. The van der Waals surface area contributed by atoms with Crippen LogP contribution in [0, 0.1) is 46.8 Å². The Morgan fingerprint density at radius 3 is 1.60 bits per heavy atom. The van der Waals surface area contributed by atoms with E-state index in [2.05, 4.69) is 137 Å². The van der Waals surface area contributed by atoms with E-state index >= 15 is 0 Å². The maximum Gasteiger partial charge on any atom is 0.164 e. The van der Waals surface area contributed by atoms with E-state index in [9.17, 15) is 5.26 Å². The van der Waals surface area contributed by atoms with Crippen LogP contribution in [-0.2, 0) is 10.8 Å². The largest absolute Gasteiger partial charge is 0.456 e. The summed E-state index contributed by atoms with van der Waals surface area (Å²) in [6.07, 6.45) is 13.2. The number of nitriles is 1. The number of hydrogen-bond acceptors (Lipinski definition) is 5. The molecule has 334 valence electrons. The molecular formula is C62H60N4O. The smallest absolute Gasteiger partial charge is 0.164 e. The fourth-order valence-corrected chi connectivity index (χ4v) is 14.7. The maximum atomic E-state index is 9.60. The number of fused-ring (bicyclic) bond motifs is 7. The highest BCUT2D eigenvalue weighted by atomic mass is 16.3. The first-order valence-corrected chi connectivity index (χ1v) is 25.1. The second-order valence-corrected chi connectivity index (χ2v) is 22.1. The molecule has 0 saturated heterocycles. The van der Waals surface area contributed by atoms with Gasteiger partial charge in [0, 0.05) is 27.5 Å². The van der Waals surface area contributed by atoms with Crippen LogP contribution in [0.2, 0.25) is 0 Å². The number of nitrogens with zero attached hydrogens (tertiary/aromatic N) is 4. The van der Waals surface area contributed by atoms with Gasteiger partial charge >= 0.3 is 0 Å². The minimum Gasteiger partial charge on any atom is -0.456 e. The third kappa shape index (κ3) is 7.58. The van der Waals surface area contributed by atoms with Crippen molar-refractivity contribution >= 4 is 21.9 Å². The van der Waals surface area contributed by atoms with Crippen LogP contribution in [0.3, 0.4) is 0 Å². The molecule has 0 spiro atoms. The van der Waals surface area contributed by atoms with Crippen molar-refractivity contribution in [1.29, 1.82) is 5.26 Å². The maximum absolute atomic E-state index is 9.60. The summed E-state index contributed by atoms with van der Waals surface area (Å²) >= 11 is 0. The number of rotatable bonds is 7. The molecule has 4 bridgehead atoms. The Morgan fingerprint density at radius 1 is 0.463 bits per heavy atom. The second-order valence-electron chi connectivity index (χ2n) is 22.1. The van der Waals surface area contributed by atoms with E-state index in [-0.39, 0.29) is 10.8 Å².